The molecule has 0 fully saturated rings. The highest BCUT2D eigenvalue weighted by molar-refractivity contribution is 7.86. The molecule has 7 aromatic carbocycles. The third kappa shape index (κ3) is 4.57. The molecule has 0 aliphatic carbocycles. The first kappa shape index (κ1) is 29.9. The van der Waals surface area contributed by atoms with Gasteiger partial charge < -0.3 is 8.98 Å². The molecule has 0 saturated heterocycles. The topological polar surface area (TPSA) is 73.3 Å². The van der Waals surface area contributed by atoms with Gasteiger partial charge in [0.05, 0.1) is 0 Å². The average molecular weight is 646 g/mol. The van der Waals surface area contributed by atoms with E-state index in [1.807, 2.05) is 100 Å². The molecule has 1 aromatic heterocycles. The van der Waals surface area contributed by atoms with Crippen LogP contribution in [0.25, 0.3) is 54.4 Å². The van der Waals surface area contributed by atoms with Crippen molar-refractivity contribution in [3.8, 4) is 11.1 Å². The summed E-state index contributed by atoms with van der Waals surface area (Å²) in [5.74, 6) is -0.488. The van der Waals surface area contributed by atoms with E-state index >= 15 is 4.57 Å². The highest BCUT2D eigenvalue weighted by atomic mass is 31.2. The molecule has 0 unspecified atom stereocenters. The number of hydrogen-bond donors (Lipinski definition) is 0. The van der Waals surface area contributed by atoms with Crippen LogP contribution in [0.1, 0.15) is 22.3 Å². The third-order valence-electron chi connectivity index (χ3n) is 9.32. The van der Waals surface area contributed by atoms with Crippen molar-refractivity contribution in [3.63, 3.8) is 0 Å². The summed E-state index contributed by atoms with van der Waals surface area (Å²) in [6.07, 6.45) is 0. The van der Waals surface area contributed by atoms with Gasteiger partial charge in [-0.15, -0.1) is 0 Å². The lowest BCUT2D eigenvalue weighted by Gasteiger charge is -2.21. The van der Waals surface area contributed by atoms with E-state index in [4.69, 9.17) is 4.42 Å². The average Bonchev–Trinajstić information content (AvgIpc) is 3.48. The summed E-state index contributed by atoms with van der Waals surface area (Å²) in [4.78, 5) is 12.5. The van der Waals surface area contributed by atoms with E-state index in [1.54, 1.807) is 6.07 Å². The Hall–Kier alpha value is -5.51. The molecule has 0 aliphatic heterocycles. The van der Waals surface area contributed by atoms with Crippen molar-refractivity contribution in [3.05, 3.63) is 154 Å². The summed E-state index contributed by atoms with van der Waals surface area (Å²) in [7, 11) is -3.94. The van der Waals surface area contributed by atoms with Crippen LogP contribution >= 0.6 is 7.14 Å². The molecule has 48 heavy (non-hydrogen) atoms. The molecule has 5 nitrogen and oxygen atoms in total. The normalized spacial score (nSPS) is 12.0. The molecule has 234 valence electrons. The Balaban J connectivity index is 1.68. The Labute approximate surface area is 278 Å². The van der Waals surface area contributed by atoms with Gasteiger partial charge in [0.2, 0.25) is 0 Å². The maximum Gasteiger partial charge on any atom is 0.445 e. The Morgan fingerprint density at radius 1 is 0.583 bits per heavy atom. The van der Waals surface area contributed by atoms with Crippen molar-refractivity contribution in [1.82, 2.24) is 0 Å². The van der Waals surface area contributed by atoms with Gasteiger partial charge in [0.1, 0.15) is 15.8 Å². The first-order valence-corrected chi connectivity index (χ1v) is 17.7. The third-order valence-corrected chi connectivity index (χ3v) is 12.3. The second-order valence-corrected chi connectivity index (χ2v) is 15.5. The van der Waals surface area contributed by atoms with E-state index in [0.29, 0.717) is 21.6 Å². The number of hydrogen-bond acceptors (Lipinski definition) is 4. The van der Waals surface area contributed by atoms with Crippen molar-refractivity contribution in [1.29, 1.82) is 0 Å². The standard InChI is InChI=1S/C42H32NO4P/c1-25-18-26(2)21-32(20-25)48(46,33-22-27(3)19-28(4)23-33)41-40-37(47-42(41)43(44)45)17-16-35-36(29-10-6-5-7-11-29)24-31-15-14-30-12-8-9-13-34(30)38(31)39(35)40/h5-24H,1-4H3. The maximum atomic E-state index is 16.5. The first-order chi connectivity index (χ1) is 23.1. The minimum Gasteiger partial charge on any atom is -0.400 e. The van der Waals surface area contributed by atoms with Crippen LogP contribution in [0.2, 0.25) is 0 Å². The number of rotatable bonds is 5. The molecule has 8 rings (SSSR count). The van der Waals surface area contributed by atoms with Crippen molar-refractivity contribution in [2.24, 2.45) is 0 Å². The van der Waals surface area contributed by atoms with Crippen LogP contribution in [0.3, 0.4) is 0 Å². The fraction of sp³-hybridized carbons (Fsp3) is 0.0952. The molecular formula is C42H32NO4P. The zero-order valence-corrected chi connectivity index (χ0v) is 28.0. The lowest BCUT2D eigenvalue weighted by atomic mass is 9.89. The first-order valence-electron chi connectivity index (χ1n) is 16.0. The largest absolute Gasteiger partial charge is 0.445 e. The Morgan fingerprint density at radius 3 is 1.79 bits per heavy atom. The predicted molar refractivity (Wildman–Crippen MR) is 199 cm³/mol. The molecule has 8 aromatic rings. The van der Waals surface area contributed by atoms with E-state index in [1.165, 1.54) is 0 Å². The van der Waals surface area contributed by atoms with Gasteiger partial charge in [-0.1, -0.05) is 101 Å². The highest BCUT2D eigenvalue weighted by Crippen LogP contribution is 2.52. The van der Waals surface area contributed by atoms with Crippen LogP contribution in [-0.4, -0.2) is 4.92 Å². The maximum absolute atomic E-state index is 16.5. The summed E-state index contributed by atoms with van der Waals surface area (Å²) >= 11 is 0. The van der Waals surface area contributed by atoms with Crippen LogP contribution in [0.15, 0.2) is 126 Å². The van der Waals surface area contributed by atoms with Crippen molar-refractivity contribution >= 4 is 72.2 Å². The van der Waals surface area contributed by atoms with E-state index in [9.17, 15) is 10.1 Å². The molecule has 0 bridgehead atoms. The molecule has 0 spiro atoms. The summed E-state index contributed by atoms with van der Waals surface area (Å²) in [5.41, 5.74) is 6.05. The Kier molecular flexibility index (Phi) is 6.87. The quantitative estimate of drug-likeness (QED) is 0.0808. The van der Waals surface area contributed by atoms with Crippen LogP contribution in [0, 0.1) is 37.8 Å². The summed E-state index contributed by atoms with van der Waals surface area (Å²) < 4.78 is 22.7. The van der Waals surface area contributed by atoms with Gasteiger partial charge in [-0.25, -0.2) is 0 Å². The van der Waals surface area contributed by atoms with Gasteiger partial charge in [-0.3, -0.25) is 10.1 Å². The molecule has 0 amide bonds. The fourth-order valence-electron chi connectivity index (χ4n) is 7.51. The van der Waals surface area contributed by atoms with Gasteiger partial charge in [0, 0.05) is 21.4 Å². The van der Waals surface area contributed by atoms with E-state index in [2.05, 4.69) is 42.5 Å². The highest BCUT2D eigenvalue weighted by Gasteiger charge is 2.43. The van der Waals surface area contributed by atoms with E-state index in [0.717, 1.165) is 65.7 Å². The summed E-state index contributed by atoms with van der Waals surface area (Å²) in [6, 6.07) is 40.2. The van der Waals surface area contributed by atoms with Gasteiger partial charge in [-0.05, 0) is 108 Å². The molecule has 0 saturated carbocycles. The molecule has 6 heteroatoms. The minimum absolute atomic E-state index is 0.127. The number of nitrogens with zero attached hydrogens (tertiary/aromatic N) is 1. The van der Waals surface area contributed by atoms with E-state index in [-0.39, 0.29) is 5.30 Å². The second-order valence-electron chi connectivity index (χ2n) is 12.9. The predicted octanol–water partition coefficient (Wildman–Crippen LogP) is 10.3. The van der Waals surface area contributed by atoms with Gasteiger partial charge in [0.25, 0.3) is 0 Å². The number of furan rings is 1. The molecule has 0 radical (unpaired) electrons. The molecule has 0 atom stereocenters. The number of nitro groups is 1. The zero-order valence-electron chi connectivity index (χ0n) is 27.1. The summed E-state index contributed by atoms with van der Waals surface area (Å²) in [6.45, 7) is 7.85. The minimum atomic E-state index is -3.94. The number of fused-ring (bicyclic) bond motifs is 7. The zero-order chi connectivity index (χ0) is 33.3. The second kappa shape index (κ2) is 11.0. The van der Waals surface area contributed by atoms with Crippen molar-refractivity contribution in [2.45, 2.75) is 27.7 Å². The van der Waals surface area contributed by atoms with Crippen LogP contribution < -0.4 is 15.9 Å². The molecular weight excluding hydrogens is 613 g/mol. The van der Waals surface area contributed by atoms with Crippen LogP contribution in [-0.2, 0) is 4.57 Å². The van der Waals surface area contributed by atoms with Crippen LogP contribution in [0.5, 0.6) is 0 Å². The van der Waals surface area contributed by atoms with Crippen molar-refractivity contribution < 1.29 is 13.9 Å². The number of aryl methyl sites for hydroxylation is 4. The SMILES string of the molecule is Cc1cc(C)cc(P(=O)(c2cc(C)cc(C)c2)c2c([N+](=O)[O-])oc3ccc4c(-c5ccccc5)cc5ccc6ccccc6c5c4c23)c1. The molecule has 0 aliphatic rings. The lowest BCUT2D eigenvalue weighted by molar-refractivity contribution is -0.400. The smallest absolute Gasteiger partial charge is 0.400 e. The van der Waals surface area contributed by atoms with Crippen molar-refractivity contribution in [2.75, 3.05) is 0 Å². The number of benzene rings is 7. The van der Waals surface area contributed by atoms with Gasteiger partial charge >= 0.3 is 5.88 Å². The van der Waals surface area contributed by atoms with Gasteiger partial charge in [-0.2, -0.15) is 0 Å². The monoisotopic (exact) mass is 645 g/mol. The van der Waals surface area contributed by atoms with Crippen LogP contribution in [0.4, 0.5) is 5.88 Å². The Morgan fingerprint density at radius 2 is 1.17 bits per heavy atom. The lowest BCUT2D eigenvalue weighted by Crippen LogP contribution is -2.27. The summed E-state index contributed by atoms with van der Waals surface area (Å²) in [5, 5.41) is 20.5. The molecule has 1 heterocycles. The Bertz CT molecular complexity index is 2580. The molecule has 0 N–H and O–H groups in total. The fourth-order valence-corrected chi connectivity index (χ4v) is 10.8. The van der Waals surface area contributed by atoms with Gasteiger partial charge in [0.15, 0.2) is 7.14 Å². The van der Waals surface area contributed by atoms with E-state index < -0.39 is 17.9 Å².